The van der Waals surface area contributed by atoms with Crippen LogP contribution < -0.4 is 10.6 Å². The Labute approximate surface area is 132 Å². The van der Waals surface area contributed by atoms with Gasteiger partial charge in [-0.25, -0.2) is 0 Å². The van der Waals surface area contributed by atoms with E-state index in [0.29, 0.717) is 30.0 Å². The molecule has 3 unspecified atom stereocenters. The molecule has 3 fully saturated rings. The molecular formula is C14H22IN3O. The summed E-state index contributed by atoms with van der Waals surface area (Å²) in [7, 11) is 1.79. The second kappa shape index (κ2) is 5.88. The molecule has 1 saturated heterocycles. The van der Waals surface area contributed by atoms with Crippen LogP contribution in [0, 0.1) is 23.7 Å². The molecule has 3 atom stereocenters. The normalized spacial score (nSPS) is 34.3. The second-order valence-electron chi connectivity index (χ2n) is 5.58. The van der Waals surface area contributed by atoms with Gasteiger partial charge >= 0.3 is 0 Å². The number of rotatable bonds is 2. The lowest BCUT2D eigenvalue weighted by Gasteiger charge is -2.63. The van der Waals surface area contributed by atoms with Crippen LogP contribution in [0.25, 0.3) is 0 Å². The van der Waals surface area contributed by atoms with E-state index in [9.17, 15) is 0 Å². The largest absolute Gasteiger partial charge is 0.377 e. The predicted octanol–water partition coefficient (Wildman–Crippen LogP) is 1.36. The lowest BCUT2D eigenvalue weighted by atomic mass is 9.46. The van der Waals surface area contributed by atoms with Gasteiger partial charge in [-0.2, -0.15) is 0 Å². The Hall–Kier alpha value is -0.480. The first-order valence-electron chi connectivity index (χ1n) is 6.84. The van der Waals surface area contributed by atoms with Gasteiger partial charge in [0.15, 0.2) is 5.96 Å². The Kier molecular flexibility index (Phi) is 4.62. The number of ether oxygens (including phenoxy) is 1. The van der Waals surface area contributed by atoms with Crippen molar-refractivity contribution in [3.8, 4) is 12.3 Å². The highest BCUT2D eigenvalue weighted by atomic mass is 127. The lowest BCUT2D eigenvalue weighted by Crippen LogP contribution is -2.72. The molecule has 0 bridgehead atoms. The third kappa shape index (κ3) is 2.23. The molecule has 2 saturated carbocycles. The summed E-state index contributed by atoms with van der Waals surface area (Å²) in [5, 5.41) is 6.71. The predicted molar refractivity (Wildman–Crippen MR) is 86.7 cm³/mol. The van der Waals surface area contributed by atoms with Crippen LogP contribution in [0.15, 0.2) is 4.99 Å². The second-order valence-corrected chi connectivity index (χ2v) is 5.58. The molecule has 2 aliphatic carbocycles. The van der Waals surface area contributed by atoms with Crippen LogP contribution >= 0.6 is 24.0 Å². The van der Waals surface area contributed by atoms with Crippen molar-refractivity contribution < 1.29 is 4.74 Å². The van der Waals surface area contributed by atoms with E-state index in [4.69, 9.17) is 11.2 Å². The molecule has 0 radical (unpaired) electrons. The molecule has 2 N–H and O–H groups in total. The monoisotopic (exact) mass is 375 g/mol. The van der Waals surface area contributed by atoms with Crippen LogP contribution in [-0.2, 0) is 4.74 Å². The minimum absolute atomic E-state index is 0. The van der Waals surface area contributed by atoms with Crippen LogP contribution in [-0.4, -0.2) is 38.3 Å². The molecule has 1 spiro atoms. The van der Waals surface area contributed by atoms with Gasteiger partial charge in [0.1, 0.15) is 0 Å². The first kappa shape index (κ1) is 14.9. The molecule has 1 aliphatic heterocycles. The van der Waals surface area contributed by atoms with E-state index in [1.807, 2.05) is 0 Å². The number of nitrogens with one attached hydrogen (secondary N) is 2. The zero-order valence-electron chi connectivity index (χ0n) is 11.3. The Bertz CT molecular complexity index is 400. The van der Waals surface area contributed by atoms with Gasteiger partial charge in [-0.05, 0) is 19.3 Å². The Morgan fingerprint density at radius 1 is 1.53 bits per heavy atom. The number of hydrogen-bond donors (Lipinski definition) is 2. The van der Waals surface area contributed by atoms with Crippen molar-refractivity contribution in [1.82, 2.24) is 10.6 Å². The Morgan fingerprint density at radius 2 is 2.32 bits per heavy atom. The maximum absolute atomic E-state index is 5.90. The third-order valence-electron chi connectivity index (χ3n) is 4.91. The summed E-state index contributed by atoms with van der Waals surface area (Å²) in [6.07, 6.45) is 10.9. The van der Waals surface area contributed by atoms with E-state index < -0.39 is 0 Å². The van der Waals surface area contributed by atoms with Gasteiger partial charge in [-0.15, -0.1) is 30.4 Å². The van der Waals surface area contributed by atoms with Gasteiger partial charge in [0.2, 0.25) is 0 Å². The highest BCUT2D eigenvalue weighted by Gasteiger charge is 2.66. The van der Waals surface area contributed by atoms with E-state index in [2.05, 4.69) is 21.5 Å². The van der Waals surface area contributed by atoms with Gasteiger partial charge in [-0.1, -0.05) is 12.3 Å². The number of halogens is 1. The van der Waals surface area contributed by atoms with Crippen LogP contribution in [0.4, 0.5) is 0 Å². The van der Waals surface area contributed by atoms with Gasteiger partial charge in [0, 0.05) is 31.0 Å². The van der Waals surface area contributed by atoms with Gasteiger partial charge < -0.3 is 15.4 Å². The molecule has 0 amide bonds. The minimum atomic E-state index is 0. The Morgan fingerprint density at radius 3 is 2.89 bits per heavy atom. The number of nitrogens with zero attached hydrogens (tertiary/aromatic N) is 1. The van der Waals surface area contributed by atoms with Crippen molar-refractivity contribution in [2.75, 3.05) is 20.2 Å². The maximum Gasteiger partial charge on any atom is 0.191 e. The summed E-state index contributed by atoms with van der Waals surface area (Å²) in [6, 6.07) is 0.516. The molecule has 1 heterocycles. The standard InChI is InChI=1S/C14H21N3O.HI/c1-3-8-16-13(15-2)17-11-10-5-9-18-12(10)14(11)6-4-7-14;/h1,10-12H,4-9H2,2H3,(H2,15,16,17);1H. The highest BCUT2D eigenvalue weighted by Crippen LogP contribution is 2.62. The van der Waals surface area contributed by atoms with E-state index >= 15 is 0 Å². The summed E-state index contributed by atoms with van der Waals surface area (Å²) in [5.41, 5.74) is 0.384. The van der Waals surface area contributed by atoms with Gasteiger partial charge in [0.25, 0.3) is 0 Å². The van der Waals surface area contributed by atoms with Crippen molar-refractivity contribution in [3.05, 3.63) is 0 Å². The summed E-state index contributed by atoms with van der Waals surface area (Å²) < 4.78 is 5.90. The molecule has 3 aliphatic rings. The molecular weight excluding hydrogens is 353 g/mol. The summed E-state index contributed by atoms with van der Waals surface area (Å²) in [5.74, 6) is 4.07. The number of hydrogen-bond acceptors (Lipinski definition) is 2. The zero-order valence-corrected chi connectivity index (χ0v) is 13.6. The Balaban J connectivity index is 0.00000133. The van der Waals surface area contributed by atoms with Gasteiger partial charge in [0.05, 0.1) is 12.6 Å². The zero-order chi connectivity index (χ0) is 12.6. The van der Waals surface area contributed by atoms with Crippen LogP contribution in [0.3, 0.4) is 0 Å². The molecule has 0 aromatic carbocycles. The van der Waals surface area contributed by atoms with E-state index in [0.717, 1.165) is 12.6 Å². The molecule has 4 nitrogen and oxygen atoms in total. The quantitative estimate of drug-likeness (QED) is 0.332. The maximum atomic E-state index is 5.90. The fourth-order valence-corrected chi connectivity index (χ4v) is 3.93. The van der Waals surface area contributed by atoms with E-state index in [-0.39, 0.29) is 24.0 Å². The summed E-state index contributed by atoms with van der Waals surface area (Å²) >= 11 is 0. The summed E-state index contributed by atoms with van der Waals surface area (Å²) in [4.78, 5) is 4.24. The highest BCUT2D eigenvalue weighted by molar-refractivity contribution is 14.0. The van der Waals surface area contributed by atoms with Crippen LogP contribution in [0.1, 0.15) is 25.7 Å². The van der Waals surface area contributed by atoms with Crippen molar-refractivity contribution >= 4 is 29.9 Å². The lowest BCUT2D eigenvalue weighted by molar-refractivity contribution is -0.171. The average molecular weight is 375 g/mol. The molecule has 3 rings (SSSR count). The topological polar surface area (TPSA) is 45.7 Å². The molecule has 0 aromatic rings. The van der Waals surface area contributed by atoms with Crippen LogP contribution in [0.5, 0.6) is 0 Å². The van der Waals surface area contributed by atoms with Crippen molar-refractivity contribution in [2.24, 2.45) is 16.3 Å². The first-order chi connectivity index (χ1) is 8.81. The molecule has 5 heteroatoms. The first-order valence-corrected chi connectivity index (χ1v) is 6.84. The van der Waals surface area contributed by atoms with Gasteiger partial charge in [-0.3, -0.25) is 4.99 Å². The number of guanidine groups is 1. The average Bonchev–Trinajstić information content (AvgIpc) is 2.73. The number of terminal acetylenes is 1. The fourth-order valence-electron chi connectivity index (χ4n) is 3.93. The third-order valence-corrected chi connectivity index (χ3v) is 4.91. The van der Waals surface area contributed by atoms with E-state index in [1.165, 1.54) is 25.7 Å². The summed E-state index contributed by atoms with van der Waals surface area (Å²) in [6.45, 7) is 1.44. The van der Waals surface area contributed by atoms with Crippen molar-refractivity contribution in [1.29, 1.82) is 0 Å². The van der Waals surface area contributed by atoms with Crippen molar-refractivity contribution in [2.45, 2.75) is 37.8 Å². The number of aliphatic imine (C=N–C) groups is 1. The molecule has 19 heavy (non-hydrogen) atoms. The van der Waals surface area contributed by atoms with E-state index in [1.54, 1.807) is 7.05 Å². The smallest absolute Gasteiger partial charge is 0.191 e. The number of fused-ring (bicyclic) bond motifs is 2. The fraction of sp³-hybridized carbons (Fsp3) is 0.786. The SMILES string of the molecule is C#CCNC(=NC)NC1C2CCOC2C12CCC2.I. The molecule has 106 valence electrons. The van der Waals surface area contributed by atoms with Crippen molar-refractivity contribution in [3.63, 3.8) is 0 Å². The minimum Gasteiger partial charge on any atom is -0.377 e. The van der Waals surface area contributed by atoms with Crippen LogP contribution in [0.2, 0.25) is 0 Å². The molecule has 0 aromatic heterocycles.